The number of nitrogens with zero attached hydrogens (tertiary/aromatic N) is 1. The fraction of sp³-hybridized carbons (Fsp3) is 0.286. The number of rotatable bonds is 3. The van der Waals surface area contributed by atoms with Gasteiger partial charge in [0, 0.05) is 11.5 Å². The summed E-state index contributed by atoms with van der Waals surface area (Å²) < 4.78 is 19.7. The van der Waals surface area contributed by atoms with Gasteiger partial charge in [0.1, 0.15) is 10.5 Å². The molecule has 0 amide bonds. The molecular weight excluding hydrogens is 263 g/mol. The number of ether oxygens (including phenoxy) is 1. The van der Waals surface area contributed by atoms with Crippen molar-refractivity contribution in [2.24, 2.45) is 0 Å². The molecule has 1 saturated carbocycles. The zero-order valence-corrected chi connectivity index (χ0v) is 11.3. The van der Waals surface area contributed by atoms with Crippen molar-refractivity contribution in [2.75, 3.05) is 7.11 Å². The van der Waals surface area contributed by atoms with Gasteiger partial charge < -0.3 is 9.72 Å². The summed E-state index contributed by atoms with van der Waals surface area (Å²) in [7, 11) is 1.45. The number of H-pyrrole nitrogens is 1. The molecular formula is C14H13FN2OS. The average molecular weight is 276 g/mol. The van der Waals surface area contributed by atoms with Crippen LogP contribution in [0.4, 0.5) is 4.39 Å². The highest BCUT2D eigenvalue weighted by Gasteiger charge is 2.26. The summed E-state index contributed by atoms with van der Waals surface area (Å²) >= 11 is 5.15. The van der Waals surface area contributed by atoms with Gasteiger partial charge in [-0.1, -0.05) is 18.3 Å². The first-order valence-electron chi connectivity index (χ1n) is 6.13. The van der Waals surface area contributed by atoms with Crippen LogP contribution >= 0.6 is 12.2 Å². The average Bonchev–Trinajstić information content (AvgIpc) is 3.22. The van der Waals surface area contributed by atoms with Gasteiger partial charge in [0.25, 0.3) is 0 Å². The Morgan fingerprint density at radius 3 is 2.89 bits per heavy atom. The van der Waals surface area contributed by atoms with Crippen molar-refractivity contribution in [3.05, 3.63) is 40.5 Å². The van der Waals surface area contributed by atoms with Crippen LogP contribution in [0, 0.1) is 10.5 Å². The number of halogens is 1. The Labute approximate surface area is 115 Å². The molecule has 0 bridgehead atoms. The number of hydrogen-bond acceptors (Lipinski definition) is 3. The molecule has 0 saturated heterocycles. The fourth-order valence-corrected chi connectivity index (χ4v) is 2.26. The molecule has 1 heterocycles. The predicted octanol–water partition coefficient (Wildman–Crippen LogP) is 3.83. The Morgan fingerprint density at radius 2 is 2.21 bits per heavy atom. The molecule has 1 aliphatic rings. The molecule has 2 aromatic rings. The van der Waals surface area contributed by atoms with Crippen LogP contribution in [0.15, 0.2) is 24.3 Å². The molecule has 0 radical (unpaired) electrons. The topological polar surface area (TPSA) is 37.9 Å². The van der Waals surface area contributed by atoms with Gasteiger partial charge >= 0.3 is 0 Å². The van der Waals surface area contributed by atoms with Crippen molar-refractivity contribution >= 4 is 12.2 Å². The van der Waals surface area contributed by atoms with Crippen LogP contribution in [-0.4, -0.2) is 17.1 Å². The lowest BCUT2D eigenvalue weighted by molar-refractivity contribution is 0.387. The van der Waals surface area contributed by atoms with Gasteiger partial charge in [0.05, 0.1) is 12.8 Å². The summed E-state index contributed by atoms with van der Waals surface area (Å²) in [5, 5.41) is 0. The van der Waals surface area contributed by atoms with Crippen LogP contribution in [0.3, 0.4) is 0 Å². The minimum absolute atomic E-state index is 0.224. The van der Waals surface area contributed by atoms with E-state index in [1.807, 2.05) is 0 Å². The van der Waals surface area contributed by atoms with E-state index < -0.39 is 0 Å². The van der Waals surface area contributed by atoms with E-state index in [-0.39, 0.29) is 11.6 Å². The Kier molecular flexibility index (Phi) is 3.06. The molecule has 1 N–H and O–H groups in total. The van der Waals surface area contributed by atoms with Gasteiger partial charge in [-0.15, -0.1) is 0 Å². The second kappa shape index (κ2) is 4.74. The van der Waals surface area contributed by atoms with E-state index in [2.05, 4.69) is 9.97 Å². The summed E-state index contributed by atoms with van der Waals surface area (Å²) in [4.78, 5) is 7.48. The van der Waals surface area contributed by atoms with Gasteiger partial charge in [-0.2, -0.15) is 0 Å². The van der Waals surface area contributed by atoms with E-state index in [9.17, 15) is 4.39 Å². The van der Waals surface area contributed by atoms with Crippen molar-refractivity contribution in [1.82, 2.24) is 9.97 Å². The van der Waals surface area contributed by atoms with Crippen LogP contribution in [0.2, 0.25) is 0 Å². The smallest absolute Gasteiger partial charge is 0.174 e. The first-order chi connectivity index (χ1) is 9.19. The van der Waals surface area contributed by atoms with Crippen LogP contribution in [0.5, 0.6) is 5.75 Å². The maximum atomic E-state index is 14.2. The predicted molar refractivity (Wildman–Crippen MR) is 73.3 cm³/mol. The lowest BCUT2D eigenvalue weighted by Crippen LogP contribution is -1.98. The molecule has 5 heteroatoms. The first-order valence-corrected chi connectivity index (χ1v) is 6.54. The number of nitrogens with one attached hydrogen (secondary N) is 1. The molecule has 0 atom stereocenters. The Morgan fingerprint density at radius 1 is 1.42 bits per heavy atom. The molecule has 1 aliphatic carbocycles. The maximum absolute atomic E-state index is 14.2. The van der Waals surface area contributed by atoms with Gasteiger partial charge in [-0.3, -0.25) is 0 Å². The van der Waals surface area contributed by atoms with Crippen LogP contribution in [0.1, 0.15) is 24.6 Å². The van der Waals surface area contributed by atoms with Crippen LogP contribution in [0.25, 0.3) is 11.3 Å². The second-order valence-electron chi connectivity index (χ2n) is 4.61. The number of hydrogen-bond donors (Lipinski definition) is 1. The normalized spacial score (nSPS) is 14.4. The molecule has 0 aliphatic heterocycles. The van der Waals surface area contributed by atoms with Gasteiger partial charge in [0.15, 0.2) is 11.6 Å². The third-order valence-corrected chi connectivity index (χ3v) is 3.41. The van der Waals surface area contributed by atoms with Crippen molar-refractivity contribution in [2.45, 2.75) is 18.8 Å². The molecule has 1 fully saturated rings. The summed E-state index contributed by atoms with van der Waals surface area (Å²) in [6.07, 6.45) is 2.23. The Bertz CT molecular complexity index is 679. The molecule has 1 aromatic carbocycles. The minimum Gasteiger partial charge on any atom is -0.494 e. The van der Waals surface area contributed by atoms with E-state index in [1.165, 1.54) is 7.11 Å². The van der Waals surface area contributed by atoms with Gasteiger partial charge in [-0.05, 0) is 31.0 Å². The first kappa shape index (κ1) is 12.3. The lowest BCUT2D eigenvalue weighted by atomic mass is 10.1. The third-order valence-electron chi connectivity index (χ3n) is 3.20. The minimum atomic E-state index is -0.386. The summed E-state index contributed by atoms with van der Waals surface area (Å²) in [6.45, 7) is 0. The van der Waals surface area contributed by atoms with E-state index in [4.69, 9.17) is 17.0 Å². The zero-order valence-electron chi connectivity index (χ0n) is 10.4. The van der Waals surface area contributed by atoms with E-state index >= 15 is 0 Å². The monoisotopic (exact) mass is 276 g/mol. The quantitative estimate of drug-likeness (QED) is 0.866. The number of benzene rings is 1. The molecule has 3 rings (SSSR count). The Hall–Kier alpha value is -1.75. The van der Waals surface area contributed by atoms with Crippen molar-refractivity contribution in [3.8, 4) is 17.0 Å². The van der Waals surface area contributed by atoms with Gasteiger partial charge in [0.2, 0.25) is 0 Å². The molecule has 0 unspecified atom stereocenters. The lowest BCUT2D eigenvalue weighted by Gasteiger charge is -2.09. The van der Waals surface area contributed by atoms with Crippen molar-refractivity contribution < 1.29 is 9.13 Å². The van der Waals surface area contributed by atoms with E-state index in [0.29, 0.717) is 21.8 Å². The van der Waals surface area contributed by atoms with Crippen LogP contribution < -0.4 is 4.74 Å². The van der Waals surface area contributed by atoms with Gasteiger partial charge in [-0.25, -0.2) is 9.37 Å². The second-order valence-corrected chi connectivity index (χ2v) is 5.03. The zero-order chi connectivity index (χ0) is 13.4. The van der Waals surface area contributed by atoms with E-state index in [0.717, 1.165) is 18.7 Å². The van der Waals surface area contributed by atoms with E-state index in [1.54, 1.807) is 24.3 Å². The molecule has 3 nitrogen and oxygen atoms in total. The highest BCUT2D eigenvalue weighted by atomic mass is 32.1. The highest BCUT2D eigenvalue weighted by molar-refractivity contribution is 7.71. The summed E-state index contributed by atoms with van der Waals surface area (Å²) in [5.74, 6) is 1.13. The fourth-order valence-electron chi connectivity index (χ4n) is 2.05. The SMILES string of the molecule is COc1cccc(-c2cc(=S)nc(C3CC3)[nH]2)c1F. The maximum Gasteiger partial charge on any atom is 0.174 e. The molecule has 1 aromatic heterocycles. The molecule has 98 valence electrons. The number of aromatic nitrogens is 2. The Balaban J connectivity index is 2.13. The van der Waals surface area contributed by atoms with Crippen molar-refractivity contribution in [3.63, 3.8) is 0 Å². The molecule has 0 spiro atoms. The highest BCUT2D eigenvalue weighted by Crippen LogP contribution is 2.39. The standard InChI is InChI=1S/C14H13FN2OS/c1-18-11-4-2-3-9(13(11)15)10-7-12(19)17-14(16-10)8-5-6-8/h2-4,7-8H,5-6H2,1H3,(H,16,17,19). The summed E-state index contributed by atoms with van der Waals surface area (Å²) in [6, 6.07) is 6.73. The molecule has 19 heavy (non-hydrogen) atoms. The summed E-state index contributed by atoms with van der Waals surface area (Å²) in [5.41, 5.74) is 1.10. The number of aromatic amines is 1. The van der Waals surface area contributed by atoms with Crippen LogP contribution in [-0.2, 0) is 0 Å². The third kappa shape index (κ3) is 2.38. The van der Waals surface area contributed by atoms with Crippen molar-refractivity contribution in [1.29, 1.82) is 0 Å². The largest absolute Gasteiger partial charge is 0.494 e. The number of methoxy groups -OCH3 is 1.